The zero-order valence-electron chi connectivity index (χ0n) is 23.2. The Hall–Kier alpha value is -3.99. The molecule has 2 fully saturated rings. The van der Waals surface area contributed by atoms with Gasteiger partial charge in [-0.3, -0.25) is 19.4 Å². The number of rotatable bonds is 7. The highest BCUT2D eigenvalue weighted by atomic mass is 16.2. The van der Waals surface area contributed by atoms with Gasteiger partial charge in [0.25, 0.3) is 11.8 Å². The van der Waals surface area contributed by atoms with E-state index in [4.69, 9.17) is 5.26 Å². The molecule has 2 aliphatic heterocycles. The van der Waals surface area contributed by atoms with Crippen LogP contribution in [-0.4, -0.2) is 71.8 Å². The molecule has 40 heavy (non-hydrogen) atoms. The predicted molar refractivity (Wildman–Crippen MR) is 156 cm³/mol. The van der Waals surface area contributed by atoms with Gasteiger partial charge in [0.1, 0.15) is 0 Å². The van der Waals surface area contributed by atoms with Gasteiger partial charge in [-0.1, -0.05) is 42.0 Å². The maximum absolute atomic E-state index is 13.1. The first-order valence-corrected chi connectivity index (χ1v) is 14.2. The summed E-state index contributed by atoms with van der Waals surface area (Å²) in [6.45, 7) is 8.80. The van der Waals surface area contributed by atoms with E-state index in [0.29, 0.717) is 29.8 Å². The van der Waals surface area contributed by atoms with Gasteiger partial charge in [0.15, 0.2) is 0 Å². The Labute approximate surface area is 237 Å². The van der Waals surface area contributed by atoms with Gasteiger partial charge in [-0.15, -0.1) is 0 Å². The molecular weight excluding hydrogens is 498 g/mol. The van der Waals surface area contributed by atoms with Gasteiger partial charge < -0.3 is 10.2 Å². The molecule has 7 heteroatoms. The molecule has 1 N–H and O–H groups in total. The van der Waals surface area contributed by atoms with Crippen molar-refractivity contribution in [3.63, 3.8) is 0 Å². The monoisotopic (exact) mass is 535 g/mol. The van der Waals surface area contributed by atoms with Crippen molar-refractivity contribution in [2.24, 2.45) is 0 Å². The van der Waals surface area contributed by atoms with Crippen molar-refractivity contribution < 1.29 is 9.59 Å². The molecule has 0 spiro atoms. The van der Waals surface area contributed by atoms with Crippen LogP contribution in [-0.2, 0) is 13.1 Å². The van der Waals surface area contributed by atoms with Gasteiger partial charge >= 0.3 is 0 Å². The van der Waals surface area contributed by atoms with Crippen LogP contribution in [0.3, 0.4) is 0 Å². The third kappa shape index (κ3) is 7.15. The van der Waals surface area contributed by atoms with Gasteiger partial charge in [-0.25, -0.2) is 0 Å². The number of hydrogen-bond donors (Lipinski definition) is 1. The molecule has 2 saturated heterocycles. The number of carbonyl (C=O) groups excluding carboxylic acids is 2. The topological polar surface area (TPSA) is 79.7 Å². The van der Waals surface area contributed by atoms with Gasteiger partial charge in [0.2, 0.25) is 0 Å². The number of carbonyl (C=O) groups is 2. The third-order valence-corrected chi connectivity index (χ3v) is 7.99. The van der Waals surface area contributed by atoms with Crippen LogP contribution >= 0.6 is 0 Å². The molecule has 3 aromatic carbocycles. The summed E-state index contributed by atoms with van der Waals surface area (Å²) in [4.78, 5) is 32.6. The van der Waals surface area contributed by atoms with Crippen molar-refractivity contribution >= 4 is 11.8 Å². The van der Waals surface area contributed by atoms with Crippen molar-refractivity contribution in [2.75, 3.05) is 39.3 Å². The quantitative estimate of drug-likeness (QED) is 0.490. The highest BCUT2D eigenvalue weighted by Crippen LogP contribution is 2.17. The molecule has 206 valence electrons. The maximum atomic E-state index is 13.1. The highest BCUT2D eigenvalue weighted by Gasteiger charge is 2.24. The lowest BCUT2D eigenvalue weighted by Crippen LogP contribution is -2.48. The number of likely N-dealkylation sites (tertiary alicyclic amines) is 1. The first-order valence-electron chi connectivity index (χ1n) is 14.2. The number of benzene rings is 3. The summed E-state index contributed by atoms with van der Waals surface area (Å²) in [6, 6.07) is 25.7. The van der Waals surface area contributed by atoms with Gasteiger partial charge in [-0.2, -0.15) is 5.26 Å². The van der Waals surface area contributed by atoms with Gasteiger partial charge in [0, 0.05) is 69.5 Å². The molecule has 2 amide bonds. The Morgan fingerprint density at radius 3 is 1.85 bits per heavy atom. The number of nitriles is 1. The zero-order valence-corrected chi connectivity index (χ0v) is 23.2. The van der Waals surface area contributed by atoms with Crippen LogP contribution < -0.4 is 5.32 Å². The van der Waals surface area contributed by atoms with Crippen molar-refractivity contribution in [2.45, 2.75) is 38.9 Å². The lowest BCUT2D eigenvalue weighted by molar-refractivity contribution is 0.0628. The summed E-state index contributed by atoms with van der Waals surface area (Å²) in [5, 5.41) is 12.1. The Kier molecular flexibility index (Phi) is 8.90. The van der Waals surface area contributed by atoms with Crippen LogP contribution in [0.2, 0.25) is 0 Å². The minimum atomic E-state index is -0.0886. The second-order valence-corrected chi connectivity index (χ2v) is 11.0. The third-order valence-electron chi connectivity index (χ3n) is 7.99. The molecule has 7 nitrogen and oxygen atoms in total. The van der Waals surface area contributed by atoms with E-state index >= 15 is 0 Å². The molecule has 0 saturated carbocycles. The van der Waals surface area contributed by atoms with Crippen molar-refractivity contribution in [3.8, 4) is 6.07 Å². The molecule has 0 aliphatic carbocycles. The fraction of sp³-hybridized carbons (Fsp3) is 0.364. The van der Waals surface area contributed by atoms with Crippen molar-refractivity contribution in [1.29, 1.82) is 5.26 Å². The molecule has 0 unspecified atom stereocenters. The van der Waals surface area contributed by atoms with Crippen LogP contribution in [0.4, 0.5) is 0 Å². The summed E-state index contributed by atoms with van der Waals surface area (Å²) in [5.41, 5.74) is 5.64. The average molecular weight is 536 g/mol. The van der Waals surface area contributed by atoms with Crippen LogP contribution in [0.1, 0.15) is 55.8 Å². The fourth-order valence-electron chi connectivity index (χ4n) is 5.45. The zero-order chi connectivity index (χ0) is 27.9. The molecule has 2 heterocycles. The smallest absolute Gasteiger partial charge is 0.253 e. The summed E-state index contributed by atoms with van der Waals surface area (Å²) in [6.07, 6.45) is 1.79. The van der Waals surface area contributed by atoms with Gasteiger partial charge in [0.05, 0.1) is 11.6 Å². The Balaban J connectivity index is 1.05. The summed E-state index contributed by atoms with van der Waals surface area (Å²) in [7, 11) is 0. The predicted octanol–water partition coefficient (Wildman–Crippen LogP) is 4.22. The Bertz CT molecular complexity index is 1330. The number of aryl methyl sites for hydroxylation is 1. The highest BCUT2D eigenvalue weighted by molar-refractivity contribution is 5.98. The fourth-order valence-corrected chi connectivity index (χ4v) is 5.45. The Morgan fingerprint density at radius 2 is 1.27 bits per heavy atom. The lowest BCUT2D eigenvalue weighted by atomic mass is 10.0. The minimum Gasteiger partial charge on any atom is -0.349 e. The van der Waals surface area contributed by atoms with Crippen molar-refractivity contribution in [3.05, 3.63) is 106 Å². The molecule has 0 atom stereocenters. The summed E-state index contributed by atoms with van der Waals surface area (Å²) in [5.74, 6) is -0.0640. The number of hydrogen-bond acceptors (Lipinski definition) is 5. The minimum absolute atomic E-state index is 0.0246. The van der Waals surface area contributed by atoms with E-state index < -0.39 is 0 Å². The van der Waals surface area contributed by atoms with E-state index in [1.807, 2.05) is 29.2 Å². The van der Waals surface area contributed by atoms with Gasteiger partial charge in [-0.05, 0) is 67.3 Å². The van der Waals surface area contributed by atoms with Crippen LogP contribution in [0.25, 0.3) is 0 Å². The summed E-state index contributed by atoms with van der Waals surface area (Å²) >= 11 is 0. The summed E-state index contributed by atoms with van der Waals surface area (Å²) < 4.78 is 0. The molecule has 2 aliphatic rings. The standard InChI is InChI=1S/C33H37N5O2/c1-25-2-4-27(5-3-25)24-37-18-20-38(21-19-37)33(40)30-12-10-29(11-13-30)32(39)35-31-14-16-36(17-15-31)23-28-8-6-26(22-34)7-9-28/h2-13,31H,14-21,23-24H2,1H3,(H,35,39). The molecule has 5 rings (SSSR count). The maximum Gasteiger partial charge on any atom is 0.253 e. The van der Waals surface area contributed by atoms with Crippen LogP contribution in [0, 0.1) is 18.3 Å². The SMILES string of the molecule is Cc1ccc(CN2CCN(C(=O)c3ccc(C(=O)NC4CCN(Cc5ccc(C#N)cc5)CC4)cc3)CC2)cc1. The van der Waals surface area contributed by atoms with E-state index in [1.54, 1.807) is 24.3 Å². The first-order chi connectivity index (χ1) is 19.5. The number of nitrogens with one attached hydrogen (secondary N) is 1. The number of piperidine rings is 1. The molecule has 0 aromatic heterocycles. The van der Waals surface area contributed by atoms with E-state index in [9.17, 15) is 9.59 Å². The van der Waals surface area contributed by atoms with E-state index in [2.05, 4.69) is 52.4 Å². The lowest BCUT2D eigenvalue weighted by Gasteiger charge is -2.34. The van der Waals surface area contributed by atoms with E-state index in [1.165, 1.54) is 16.7 Å². The largest absolute Gasteiger partial charge is 0.349 e. The van der Waals surface area contributed by atoms with E-state index in [-0.39, 0.29) is 17.9 Å². The first kappa shape index (κ1) is 27.6. The van der Waals surface area contributed by atoms with Crippen LogP contribution in [0.15, 0.2) is 72.8 Å². The molecule has 0 radical (unpaired) electrons. The Morgan fingerprint density at radius 1 is 0.750 bits per heavy atom. The molecular formula is C33H37N5O2. The number of nitrogens with zero attached hydrogens (tertiary/aromatic N) is 4. The second-order valence-electron chi connectivity index (χ2n) is 11.0. The average Bonchev–Trinajstić information content (AvgIpc) is 3.00. The molecule has 3 aromatic rings. The second kappa shape index (κ2) is 12.9. The number of amides is 2. The normalized spacial score (nSPS) is 16.9. The van der Waals surface area contributed by atoms with Crippen LogP contribution in [0.5, 0.6) is 0 Å². The molecule has 0 bridgehead atoms. The number of piperazine rings is 1. The van der Waals surface area contributed by atoms with E-state index in [0.717, 1.165) is 52.1 Å². The van der Waals surface area contributed by atoms with Crippen molar-refractivity contribution in [1.82, 2.24) is 20.0 Å².